The van der Waals surface area contributed by atoms with E-state index in [1.165, 1.54) is 7.11 Å². The normalized spacial score (nSPS) is 19.2. The number of carbonyl (C=O) groups is 2. The molecule has 0 aliphatic carbocycles. The molecule has 6 nitrogen and oxygen atoms in total. The van der Waals surface area contributed by atoms with Crippen LogP contribution in [0, 0.1) is 5.92 Å². The fraction of sp³-hybridized carbons (Fsp3) is 0.333. The minimum Gasteiger partial charge on any atom is -0.497 e. The molecule has 1 fully saturated rings. The Kier molecular flexibility index (Phi) is 6.08. The van der Waals surface area contributed by atoms with Crippen molar-refractivity contribution >= 4 is 17.6 Å². The van der Waals surface area contributed by atoms with Crippen molar-refractivity contribution in [3.8, 4) is 5.75 Å². The summed E-state index contributed by atoms with van der Waals surface area (Å²) in [6.07, 6.45) is 0.843. The monoisotopic (exact) mass is 368 g/mol. The summed E-state index contributed by atoms with van der Waals surface area (Å²) in [5, 5.41) is 6.17. The molecular weight excluding hydrogens is 344 g/mol. The Bertz CT molecular complexity index is 804. The van der Waals surface area contributed by atoms with Crippen LogP contribution in [0.3, 0.4) is 0 Å². The zero-order valence-corrected chi connectivity index (χ0v) is 15.5. The molecule has 2 aromatic rings. The lowest BCUT2D eigenvalue weighted by molar-refractivity contribution is -0.146. The van der Waals surface area contributed by atoms with Crippen LogP contribution in [-0.2, 0) is 9.53 Å². The number of benzene rings is 2. The molecule has 0 bridgehead atoms. The van der Waals surface area contributed by atoms with Gasteiger partial charge in [-0.3, -0.25) is 9.59 Å². The zero-order chi connectivity index (χ0) is 19.2. The van der Waals surface area contributed by atoms with Gasteiger partial charge in [0.05, 0.1) is 20.1 Å². The Morgan fingerprint density at radius 2 is 1.89 bits per heavy atom. The van der Waals surface area contributed by atoms with Crippen molar-refractivity contribution in [2.24, 2.45) is 5.92 Å². The van der Waals surface area contributed by atoms with Gasteiger partial charge in [-0.25, -0.2) is 0 Å². The van der Waals surface area contributed by atoms with Gasteiger partial charge in [0, 0.05) is 17.8 Å². The number of ether oxygens (including phenoxy) is 2. The molecule has 6 heteroatoms. The molecule has 1 aliphatic heterocycles. The summed E-state index contributed by atoms with van der Waals surface area (Å²) in [5.41, 5.74) is 2.28. The molecule has 142 valence electrons. The Labute approximate surface area is 158 Å². The van der Waals surface area contributed by atoms with E-state index in [1.807, 2.05) is 24.3 Å². The van der Waals surface area contributed by atoms with E-state index in [-0.39, 0.29) is 23.7 Å². The van der Waals surface area contributed by atoms with Gasteiger partial charge in [-0.1, -0.05) is 12.1 Å². The molecule has 2 atom stereocenters. The minimum atomic E-state index is -0.226. The second kappa shape index (κ2) is 8.68. The smallest absolute Gasteiger partial charge is 0.310 e. The van der Waals surface area contributed by atoms with Crippen molar-refractivity contribution in [2.75, 3.05) is 32.6 Å². The van der Waals surface area contributed by atoms with Crippen molar-refractivity contribution in [2.45, 2.75) is 12.3 Å². The Hall–Kier alpha value is -2.86. The van der Waals surface area contributed by atoms with Gasteiger partial charge in [-0.05, 0) is 60.8 Å². The molecule has 2 aromatic carbocycles. The van der Waals surface area contributed by atoms with Gasteiger partial charge >= 0.3 is 5.97 Å². The highest BCUT2D eigenvalue weighted by atomic mass is 16.5. The van der Waals surface area contributed by atoms with Crippen molar-refractivity contribution < 1.29 is 19.1 Å². The van der Waals surface area contributed by atoms with E-state index < -0.39 is 0 Å². The number of amides is 1. The number of rotatable bonds is 5. The fourth-order valence-corrected chi connectivity index (χ4v) is 3.45. The largest absolute Gasteiger partial charge is 0.497 e. The highest BCUT2D eigenvalue weighted by molar-refractivity contribution is 6.04. The molecule has 0 unspecified atom stereocenters. The third kappa shape index (κ3) is 4.46. The summed E-state index contributed by atoms with van der Waals surface area (Å²) < 4.78 is 10.1. The minimum absolute atomic E-state index is 0.0662. The van der Waals surface area contributed by atoms with Crippen LogP contribution >= 0.6 is 0 Å². The van der Waals surface area contributed by atoms with E-state index >= 15 is 0 Å². The molecule has 0 saturated carbocycles. The van der Waals surface area contributed by atoms with E-state index in [9.17, 15) is 9.59 Å². The number of carbonyl (C=O) groups excluding carboxylic acids is 2. The predicted octanol–water partition coefficient (Wildman–Crippen LogP) is 2.81. The standard InChI is InChI=1S/C21H24N2O4/c1-26-17-8-6-14(7-9-17)20(24)23-16-5-3-4-15(12-16)18-10-11-22-13-19(18)21(25)27-2/h3-9,12,18-19,22H,10-11,13H2,1-2H3,(H,23,24)/t18-,19+/m1/s1. The van der Waals surface area contributed by atoms with E-state index in [0.29, 0.717) is 23.5 Å². The van der Waals surface area contributed by atoms with Crippen LogP contribution in [0.15, 0.2) is 48.5 Å². The molecule has 3 rings (SSSR count). The number of hydrogen-bond donors (Lipinski definition) is 2. The second-order valence-electron chi connectivity index (χ2n) is 6.54. The van der Waals surface area contributed by atoms with Gasteiger partial charge in [-0.15, -0.1) is 0 Å². The van der Waals surface area contributed by atoms with E-state index in [0.717, 1.165) is 18.5 Å². The molecule has 0 aromatic heterocycles. The maximum absolute atomic E-state index is 12.5. The van der Waals surface area contributed by atoms with Crippen LogP contribution in [0.1, 0.15) is 28.3 Å². The number of esters is 1. The molecule has 1 saturated heterocycles. The van der Waals surface area contributed by atoms with Gasteiger partial charge in [0.25, 0.3) is 5.91 Å². The van der Waals surface area contributed by atoms with Crippen molar-refractivity contribution in [1.82, 2.24) is 5.32 Å². The fourth-order valence-electron chi connectivity index (χ4n) is 3.45. The van der Waals surface area contributed by atoms with Gasteiger partial charge in [-0.2, -0.15) is 0 Å². The lowest BCUT2D eigenvalue weighted by Gasteiger charge is -2.30. The summed E-state index contributed by atoms with van der Waals surface area (Å²) in [7, 11) is 3.00. The van der Waals surface area contributed by atoms with E-state index in [2.05, 4.69) is 10.6 Å². The highest BCUT2D eigenvalue weighted by Crippen LogP contribution is 2.32. The molecule has 0 spiro atoms. The molecule has 1 aliphatic rings. The number of nitrogens with one attached hydrogen (secondary N) is 2. The van der Waals surface area contributed by atoms with E-state index in [4.69, 9.17) is 9.47 Å². The van der Waals surface area contributed by atoms with Gasteiger partial charge in [0.1, 0.15) is 5.75 Å². The van der Waals surface area contributed by atoms with Crippen LogP contribution in [0.25, 0.3) is 0 Å². The number of hydrogen-bond acceptors (Lipinski definition) is 5. The maximum Gasteiger partial charge on any atom is 0.310 e. The third-order valence-electron chi connectivity index (χ3n) is 4.91. The van der Waals surface area contributed by atoms with E-state index in [1.54, 1.807) is 31.4 Å². The molecule has 0 radical (unpaired) electrons. The third-order valence-corrected chi connectivity index (χ3v) is 4.91. The summed E-state index contributed by atoms with van der Waals surface area (Å²) in [6, 6.07) is 14.6. The topological polar surface area (TPSA) is 76.7 Å². The van der Waals surface area contributed by atoms with Crippen LogP contribution in [-0.4, -0.2) is 39.2 Å². The van der Waals surface area contributed by atoms with Gasteiger partial charge in [0.15, 0.2) is 0 Å². The number of methoxy groups -OCH3 is 2. The predicted molar refractivity (Wildman–Crippen MR) is 103 cm³/mol. The SMILES string of the molecule is COC(=O)[C@H]1CNCC[C@@H]1c1cccc(NC(=O)c2ccc(OC)cc2)c1. The highest BCUT2D eigenvalue weighted by Gasteiger charge is 2.32. The zero-order valence-electron chi connectivity index (χ0n) is 15.5. The van der Waals surface area contributed by atoms with Gasteiger partial charge < -0.3 is 20.1 Å². The lowest BCUT2D eigenvalue weighted by Crippen LogP contribution is -2.40. The Balaban J connectivity index is 1.76. The first kappa shape index (κ1) is 18.9. The second-order valence-corrected chi connectivity index (χ2v) is 6.54. The lowest BCUT2D eigenvalue weighted by atomic mass is 9.81. The molecule has 1 heterocycles. The Morgan fingerprint density at radius 1 is 1.11 bits per heavy atom. The molecule has 27 heavy (non-hydrogen) atoms. The van der Waals surface area contributed by atoms with Crippen molar-refractivity contribution in [3.05, 3.63) is 59.7 Å². The first-order valence-electron chi connectivity index (χ1n) is 8.96. The van der Waals surface area contributed by atoms with Crippen molar-refractivity contribution in [3.63, 3.8) is 0 Å². The molecule has 1 amide bonds. The summed E-state index contributed by atoms with van der Waals surface area (Å²) in [6.45, 7) is 1.44. The first-order chi connectivity index (χ1) is 13.1. The summed E-state index contributed by atoms with van der Waals surface area (Å²) in [5.74, 6) is 0.144. The summed E-state index contributed by atoms with van der Waals surface area (Å²) >= 11 is 0. The Morgan fingerprint density at radius 3 is 2.59 bits per heavy atom. The van der Waals surface area contributed by atoms with Crippen LogP contribution in [0.2, 0.25) is 0 Å². The van der Waals surface area contributed by atoms with Crippen LogP contribution < -0.4 is 15.4 Å². The number of anilines is 1. The quantitative estimate of drug-likeness (QED) is 0.794. The first-order valence-corrected chi connectivity index (χ1v) is 8.96. The average molecular weight is 368 g/mol. The van der Waals surface area contributed by atoms with Crippen molar-refractivity contribution in [1.29, 1.82) is 0 Å². The molecule has 2 N–H and O–H groups in total. The summed E-state index contributed by atoms with van der Waals surface area (Å²) in [4.78, 5) is 24.6. The number of piperidine rings is 1. The van der Waals surface area contributed by atoms with Crippen LogP contribution in [0.5, 0.6) is 5.75 Å². The maximum atomic E-state index is 12.5. The van der Waals surface area contributed by atoms with Crippen LogP contribution in [0.4, 0.5) is 5.69 Å². The average Bonchev–Trinajstić information content (AvgIpc) is 2.73. The van der Waals surface area contributed by atoms with Gasteiger partial charge in [0.2, 0.25) is 0 Å². The molecular formula is C21H24N2O4.